The summed E-state index contributed by atoms with van der Waals surface area (Å²) in [7, 11) is -3.83. The second kappa shape index (κ2) is 10.7. The average Bonchev–Trinajstić information content (AvgIpc) is 3.49. The highest BCUT2D eigenvalue weighted by molar-refractivity contribution is 8.15. The number of benzene rings is 3. The van der Waals surface area contributed by atoms with Gasteiger partial charge in [-0.2, -0.15) is 10.1 Å². The van der Waals surface area contributed by atoms with E-state index in [0.717, 1.165) is 16.8 Å². The first-order valence-electron chi connectivity index (χ1n) is 11.6. The molecule has 5 rings (SSSR count). The van der Waals surface area contributed by atoms with E-state index in [4.69, 9.17) is 21.8 Å². The number of carbonyl (C=O) groups excluding carboxylic acids is 2. The third-order valence-electron chi connectivity index (χ3n) is 6.03. The van der Waals surface area contributed by atoms with Crippen molar-refractivity contribution in [2.24, 2.45) is 15.2 Å². The Labute approximate surface area is 228 Å². The summed E-state index contributed by atoms with van der Waals surface area (Å²) >= 11 is 7.29. The molecule has 2 unspecified atom stereocenters. The van der Waals surface area contributed by atoms with Crippen molar-refractivity contribution in [2.75, 3.05) is 5.32 Å². The zero-order valence-electron chi connectivity index (χ0n) is 19.8. The van der Waals surface area contributed by atoms with Gasteiger partial charge in [0.15, 0.2) is 5.17 Å². The highest BCUT2D eigenvalue weighted by atomic mass is 35.5. The monoisotopic (exact) mass is 567 g/mol. The number of hydrazone groups is 1. The normalized spacial score (nSPS) is 19.3. The number of nitrogens with two attached hydrogens (primary N) is 1. The van der Waals surface area contributed by atoms with Crippen molar-refractivity contribution in [3.8, 4) is 0 Å². The number of amidine groups is 1. The van der Waals surface area contributed by atoms with Gasteiger partial charge in [-0.05, 0) is 47.5 Å². The van der Waals surface area contributed by atoms with Crippen LogP contribution in [0.1, 0.15) is 30.0 Å². The molecule has 2 aliphatic heterocycles. The van der Waals surface area contributed by atoms with Crippen LogP contribution in [-0.2, 0) is 19.6 Å². The molecule has 3 N–H and O–H groups in total. The predicted octanol–water partition coefficient (Wildman–Crippen LogP) is 4.17. The fourth-order valence-corrected chi connectivity index (χ4v) is 5.85. The maximum atomic E-state index is 12.8. The third kappa shape index (κ3) is 5.81. The molecule has 12 heteroatoms. The van der Waals surface area contributed by atoms with Gasteiger partial charge in [0, 0.05) is 23.6 Å². The molecule has 2 aliphatic rings. The number of amides is 2. The van der Waals surface area contributed by atoms with E-state index < -0.39 is 27.1 Å². The van der Waals surface area contributed by atoms with Gasteiger partial charge in [-0.25, -0.2) is 18.6 Å². The van der Waals surface area contributed by atoms with Gasteiger partial charge >= 0.3 is 0 Å². The van der Waals surface area contributed by atoms with E-state index in [1.807, 2.05) is 54.6 Å². The van der Waals surface area contributed by atoms with E-state index >= 15 is 0 Å². The molecule has 0 aromatic heterocycles. The van der Waals surface area contributed by atoms with Crippen LogP contribution in [0.4, 0.5) is 5.69 Å². The maximum absolute atomic E-state index is 12.8. The molecule has 0 bridgehead atoms. The van der Waals surface area contributed by atoms with Crippen LogP contribution in [0.2, 0.25) is 5.02 Å². The van der Waals surface area contributed by atoms with Crippen molar-refractivity contribution >= 4 is 61.8 Å². The van der Waals surface area contributed by atoms with Crippen LogP contribution in [0.5, 0.6) is 0 Å². The van der Waals surface area contributed by atoms with Crippen molar-refractivity contribution in [1.82, 2.24) is 5.01 Å². The lowest BCUT2D eigenvalue weighted by atomic mass is 9.99. The molecule has 3 aromatic rings. The summed E-state index contributed by atoms with van der Waals surface area (Å²) in [5, 5.41) is 14.7. The number of carbonyl (C=O) groups is 2. The minimum Gasteiger partial charge on any atom is -0.326 e. The summed E-state index contributed by atoms with van der Waals surface area (Å²) < 4.78 is 22.8. The Morgan fingerprint density at radius 3 is 2.39 bits per heavy atom. The summed E-state index contributed by atoms with van der Waals surface area (Å²) in [4.78, 5) is 29.6. The first-order valence-corrected chi connectivity index (χ1v) is 14.4. The number of primary sulfonamides is 1. The van der Waals surface area contributed by atoms with Crippen LogP contribution in [0.15, 0.2) is 93.9 Å². The van der Waals surface area contributed by atoms with E-state index in [9.17, 15) is 18.0 Å². The second-order valence-electron chi connectivity index (χ2n) is 8.69. The zero-order chi connectivity index (χ0) is 26.9. The van der Waals surface area contributed by atoms with Gasteiger partial charge in [0.05, 0.1) is 16.6 Å². The Bertz CT molecular complexity index is 1540. The Morgan fingerprint density at radius 1 is 1.05 bits per heavy atom. The lowest BCUT2D eigenvalue weighted by Crippen LogP contribution is -2.25. The van der Waals surface area contributed by atoms with E-state index in [1.54, 1.807) is 5.01 Å². The van der Waals surface area contributed by atoms with Gasteiger partial charge in [0.2, 0.25) is 15.9 Å². The zero-order valence-corrected chi connectivity index (χ0v) is 22.2. The molecule has 38 heavy (non-hydrogen) atoms. The standard InChI is InChI=1S/C26H22ClN5O4S2/c27-18-8-6-17(7-9-18)22-14-21(16-4-2-1-3-5-16)31-32(22)26-30-25(34)23(37-26)15-24(33)29-19-10-12-20(13-11-19)38(28,35)36/h1-13,22-23H,14-15H2,(H,29,33)(H2,28,35,36). The smallest absolute Gasteiger partial charge is 0.262 e. The number of nitrogens with one attached hydrogen (secondary N) is 1. The second-order valence-corrected chi connectivity index (χ2v) is 11.9. The van der Waals surface area contributed by atoms with Gasteiger partial charge in [-0.3, -0.25) is 9.59 Å². The number of halogens is 1. The van der Waals surface area contributed by atoms with Crippen LogP contribution in [0, 0.1) is 0 Å². The predicted molar refractivity (Wildman–Crippen MR) is 149 cm³/mol. The third-order valence-corrected chi connectivity index (χ3v) is 8.36. The summed E-state index contributed by atoms with van der Waals surface area (Å²) in [5.74, 6) is -0.817. The van der Waals surface area contributed by atoms with E-state index in [-0.39, 0.29) is 17.4 Å². The number of hydrogen-bond acceptors (Lipinski definition) is 7. The summed E-state index contributed by atoms with van der Waals surface area (Å²) in [6, 6.07) is 22.6. The minimum absolute atomic E-state index is 0.0636. The van der Waals surface area contributed by atoms with Gasteiger partial charge in [0.1, 0.15) is 5.25 Å². The molecule has 3 aromatic carbocycles. The molecule has 0 fully saturated rings. The fourth-order valence-electron chi connectivity index (χ4n) is 4.15. The molecule has 2 amide bonds. The Morgan fingerprint density at radius 2 is 1.74 bits per heavy atom. The molecule has 194 valence electrons. The Kier molecular flexibility index (Phi) is 7.35. The van der Waals surface area contributed by atoms with Crippen molar-refractivity contribution in [1.29, 1.82) is 0 Å². The van der Waals surface area contributed by atoms with E-state index in [2.05, 4.69) is 10.3 Å². The number of aliphatic imine (C=N–C) groups is 1. The quantitative estimate of drug-likeness (QED) is 0.459. The Hall–Kier alpha value is -3.51. The molecule has 9 nitrogen and oxygen atoms in total. The van der Waals surface area contributed by atoms with Crippen LogP contribution >= 0.6 is 23.4 Å². The lowest BCUT2D eigenvalue weighted by molar-refractivity contribution is -0.121. The highest BCUT2D eigenvalue weighted by Gasteiger charge is 2.39. The molecule has 2 heterocycles. The van der Waals surface area contributed by atoms with Gasteiger partial charge in [0.25, 0.3) is 5.91 Å². The lowest BCUT2D eigenvalue weighted by Gasteiger charge is -2.23. The van der Waals surface area contributed by atoms with Gasteiger partial charge in [-0.1, -0.05) is 65.8 Å². The fraction of sp³-hybridized carbons (Fsp3) is 0.154. The molecule has 2 atom stereocenters. The summed E-state index contributed by atoms with van der Waals surface area (Å²) in [6.45, 7) is 0. The van der Waals surface area contributed by atoms with E-state index in [1.165, 1.54) is 36.0 Å². The summed E-state index contributed by atoms with van der Waals surface area (Å²) in [5.41, 5.74) is 3.21. The number of hydrogen-bond donors (Lipinski definition) is 2. The minimum atomic E-state index is -3.83. The number of rotatable bonds is 6. The van der Waals surface area contributed by atoms with Crippen LogP contribution in [0.25, 0.3) is 0 Å². The molecule has 0 spiro atoms. The van der Waals surface area contributed by atoms with Crippen molar-refractivity contribution < 1.29 is 18.0 Å². The number of sulfonamides is 1. The maximum Gasteiger partial charge on any atom is 0.262 e. The largest absolute Gasteiger partial charge is 0.326 e. The number of nitrogens with zero attached hydrogens (tertiary/aromatic N) is 3. The Balaban J connectivity index is 1.31. The molecule has 0 saturated heterocycles. The average molecular weight is 568 g/mol. The van der Waals surface area contributed by atoms with Gasteiger partial charge in [-0.15, -0.1) is 0 Å². The number of thioether (sulfide) groups is 1. The summed E-state index contributed by atoms with van der Waals surface area (Å²) in [6.07, 6.45) is 0.501. The molecule has 0 aliphatic carbocycles. The van der Waals surface area contributed by atoms with Crippen LogP contribution in [0.3, 0.4) is 0 Å². The van der Waals surface area contributed by atoms with Gasteiger partial charge < -0.3 is 5.32 Å². The molecular weight excluding hydrogens is 546 g/mol. The number of anilines is 1. The topological polar surface area (TPSA) is 134 Å². The van der Waals surface area contributed by atoms with Crippen LogP contribution in [-0.4, -0.2) is 41.4 Å². The first-order chi connectivity index (χ1) is 18.2. The van der Waals surface area contributed by atoms with Crippen LogP contribution < -0.4 is 10.5 Å². The first kappa shape index (κ1) is 26.1. The molecule has 0 saturated carbocycles. The highest BCUT2D eigenvalue weighted by Crippen LogP contribution is 2.38. The van der Waals surface area contributed by atoms with Crippen molar-refractivity contribution in [3.63, 3.8) is 0 Å². The SMILES string of the molecule is NS(=O)(=O)c1ccc(NC(=O)CC2SC(N3N=C(c4ccccc4)CC3c3ccc(Cl)cc3)=NC2=O)cc1. The van der Waals surface area contributed by atoms with E-state index in [0.29, 0.717) is 22.3 Å². The molecule has 0 radical (unpaired) electrons. The molecular formula is C26H22ClN5O4S2. The van der Waals surface area contributed by atoms with Crippen molar-refractivity contribution in [2.45, 2.75) is 29.0 Å². The van der Waals surface area contributed by atoms with Crippen molar-refractivity contribution in [3.05, 3.63) is 95.0 Å².